The van der Waals surface area contributed by atoms with E-state index in [2.05, 4.69) is 42.1 Å². The molecule has 0 saturated heterocycles. The average Bonchev–Trinajstić information content (AvgIpc) is 2.74. The van der Waals surface area contributed by atoms with Gasteiger partial charge in [0.25, 0.3) is 0 Å². The lowest BCUT2D eigenvalue weighted by atomic mass is 9.99. The molecule has 0 spiro atoms. The van der Waals surface area contributed by atoms with Crippen LogP contribution in [0.2, 0.25) is 0 Å². The summed E-state index contributed by atoms with van der Waals surface area (Å²) in [6.07, 6.45) is 0. The van der Waals surface area contributed by atoms with Crippen LogP contribution in [0.25, 0.3) is 11.3 Å². The topological polar surface area (TPSA) is 49.9 Å². The standard InChI is InChI=1S/C15H21N3O/c1-9-10(2)13(19-5)7-6-12(9)15-11(3)17-14(18-15)8-16-4/h6-7,16H,8H2,1-5H3,(H,17,18). The second-order valence-electron chi connectivity index (χ2n) is 4.75. The van der Waals surface area contributed by atoms with Crippen molar-refractivity contribution in [3.8, 4) is 17.0 Å². The van der Waals surface area contributed by atoms with Gasteiger partial charge in [0.15, 0.2) is 0 Å². The van der Waals surface area contributed by atoms with Crippen molar-refractivity contribution in [1.82, 2.24) is 15.3 Å². The Morgan fingerprint density at radius 2 is 1.95 bits per heavy atom. The summed E-state index contributed by atoms with van der Waals surface area (Å²) < 4.78 is 5.35. The Morgan fingerprint density at radius 3 is 2.58 bits per heavy atom. The lowest BCUT2D eigenvalue weighted by Crippen LogP contribution is -2.06. The fourth-order valence-corrected chi connectivity index (χ4v) is 2.31. The van der Waals surface area contributed by atoms with Crippen molar-refractivity contribution in [2.45, 2.75) is 27.3 Å². The molecule has 0 fully saturated rings. The number of H-pyrrole nitrogens is 1. The van der Waals surface area contributed by atoms with E-state index < -0.39 is 0 Å². The van der Waals surface area contributed by atoms with E-state index >= 15 is 0 Å². The minimum atomic E-state index is 0.745. The van der Waals surface area contributed by atoms with Gasteiger partial charge in [-0.25, -0.2) is 4.98 Å². The summed E-state index contributed by atoms with van der Waals surface area (Å²) in [7, 11) is 3.62. The van der Waals surface area contributed by atoms with Crippen molar-refractivity contribution in [2.24, 2.45) is 0 Å². The molecule has 102 valence electrons. The second-order valence-corrected chi connectivity index (χ2v) is 4.75. The zero-order valence-corrected chi connectivity index (χ0v) is 12.2. The number of benzene rings is 1. The monoisotopic (exact) mass is 259 g/mol. The van der Waals surface area contributed by atoms with Gasteiger partial charge in [-0.2, -0.15) is 0 Å². The minimum absolute atomic E-state index is 0.745. The zero-order chi connectivity index (χ0) is 14.0. The summed E-state index contributed by atoms with van der Waals surface area (Å²) >= 11 is 0. The maximum absolute atomic E-state index is 5.35. The molecular weight excluding hydrogens is 238 g/mol. The highest BCUT2D eigenvalue weighted by Gasteiger charge is 2.13. The first-order chi connectivity index (χ1) is 9.08. The first-order valence-electron chi connectivity index (χ1n) is 6.43. The van der Waals surface area contributed by atoms with E-state index in [0.717, 1.165) is 40.6 Å². The molecule has 0 aliphatic carbocycles. The van der Waals surface area contributed by atoms with Gasteiger partial charge in [-0.3, -0.25) is 0 Å². The molecule has 2 aromatic rings. The first kappa shape index (κ1) is 13.6. The molecule has 0 radical (unpaired) electrons. The first-order valence-corrected chi connectivity index (χ1v) is 6.43. The predicted octanol–water partition coefficient (Wildman–Crippen LogP) is 2.73. The van der Waals surface area contributed by atoms with Crippen LogP contribution in [0.15, 0.2) is 12.1 Å². The van der Waals surface area contributed by atoms with Crippen LogP contribution in [0.1, 0.15) is 22.6 Å². The summed E-state index contributed by atoms with van der Waals surface area (Å²) in [4.78, 5) is 7.98. The molecule has 19 heavy (non-hydrogen) atoms. The summed E-state index contributed by atoms with van der Waals surface area (Å²) in [5.41, 5.74) is 5.66. The highest BCUT2D eigenvalue weighted by Crippen LogP contribution is 2.31. The highest BCUT2D eigenvalue weighted by molar-refractivity contribution is 5.69. The van der Waals surface area contributed by atoms with Crippen molar-refractivity contribution in [3.05, 3.63) is 34.8 Å². The zero-order valence-electron chi connectivity index (χ0n) is 12.2. The molecule has 1 aromatic heterocycles. The smallest absolute Gasteiger partial charge is 0.122 e. The van der Waals surface area contributed by atoms with E-state index in [-0.39, 0.29) is 0 Å². The van der Waals surface area contributed by atoms with E-state index in [9.17, 15) is 0 Å². The predicted molar refractivity (Wildman–Crippen MR) is 77.6 cm³/mol. The molecular formula is C15H21N3O. The highest BCUT2D eigenvalue weighted by atomic mass is 16.5. The van der Waals surface area contributed by atoms with E-state index in [1.807, 2.05) is 13.1 Å². The Balaban J connectivity index is 2.50. The van der Waals surface area contributed by atoms with Crippen LogP contribution in [-0.2, 0) is 6.54 Å². The number of nitrogens with zero attached hydrogens (tertiary/aromatic N) is 1. The third-order valence-electron chi connectivity index (χ3n) is 3.49. The second kappa shape index (κ2) is 5.45. The van der Waals surface area contributed by atoms with Crippen LogP contribution in [-0.4, -0.2) is 24.1 Å². The molecule has 0 saturated carbocycles. The van der Waals surface area contributed by atoms with E-state index in [1.54, 1.807) is 7.11 Å². The Labute approximate surface area is 114 Å². The Hall–Kier alpha value is -1.81. The molecule has 0 atom stereocenters. The number of aromatic amines is 1. The van der Waals surface area contributed by atoms with E-state index in [0.29, 0.717) is 0 Å². The number of methoxy groups -OCH3 is 1. The molecule has 2 rings (SSSR count). The lowest BCUT2D eigenvalue weighted by molar-refractivity contribution is 0.411. The summed E-state index contributed by atoms with van der Waals surface area (Å²) in [6.45, 7) is 6.99. The van der Waals surface area contributed by atoms with E-state index in [4.69, 9.17) is 4.74 Å². The van der Waals surface area contributed by atoms with Gasteiger partial charge in [-0.05, 0) is 51.1 Å². The van der Waals surface area contributed by atoms with Crippen molar-refractivity contribution in [3.63, 3.8) is 0 Å². The number of rotatable bonds is 4. The molecule has 4 heteroatoms. The Bertz CT molecular complexity index is 587. The van der Waals surface area contributed by atoms with Crippen LogP contribution < -0.4 is 10.1 Å². The summed E-state index contributed by atoms with van der Waals surface area (Å²) in [6, 6.07) is 4.08. The molecule has 4 nitrogen and oxygen atoms in total. The van der Waals surface area contributed by atoms with Gasteiger partial charge in [0.2, 0.25) is 0 Å². The van der Waals surface area contributed by atoms with Gasteiger partial charge in [0, 0.05) is 11.3 Å². The summed E-state index contributed by atoms with van der Waals surface area (Å²) in [5, 5.41) is 3.11. The number of aromatic nitrogens is 2. The van der Waals surface area contributed by atoms with Gasteiger partial charge in [-0.1, -0.05) is 0 Å². The fraction of sp³-hybridized carbons (Fsp3) is 0.400. The molecule has 1 aromatic carbocycles. The number of ether oxygens (including phenoxy) is 1. The van der Waals surface area contributed by atoms with Gasteiger partial charge in [0.1, 0.15) is 11.6 Å². The number of hydrogen-bond acceptors (Lipinski definition) is 3. The third kappa shape index (κ3) is 2.49. The minimum Gasteiger partial charge on any atom is -0.496 e. The largest absolute Gasteiger partial charge is 0.496 e. The molecule has 0 unspecified atom stereocenters. The van der Waals surface area contributed by atoms with Crippen LogP contribution in [0.4, 0.5) is 0 Å². The molecule has 0 aliphatic rings. The van der Waals surface area contributed by atoms with Crippen molar-refractivity contribution < 1.29 is 4.74 Å². The molecule has 2 N–H and O–H groups in total. The Kier molecular flexibility index (Phi) is 3.90. The fourth-order valence-electron chi connectivity index (χ4n) is 2.31. The Morgan fingerprint density at radius 1 is 1.21 bits per heavy atom. The van der Waals surface area contributed by atoms with Crippen molar-refractivity contribution in [1.29, 1.82) is 0 Å². The van der Waals surface area contributed by atoms with Gasteiger partial charge in [-0.15, -0.1) is 0 Å². The molecule has 0 bridgehead atoms. The SMILES string of the molecule is CNCc1nc(-c2ccc(OC)c(C)c2C)c(C)[nH]1. The number of aryl methyl sites for hydroxylation is 1. The van der Waals surface area contributed by atoms with E-state index in [1.165, 1.54) is 5.56 Å². The van der Waals surface area contributed by atoms with Crippen LogP contribution in [0, 0.1) is 20.8 Å². The third-order valence-corrected chi connectivity index (χ3v) is 3.49. The van der Waals surface area contributed by atoms with Crippen LogP contribution in [0.5, 0.6) is 5.75 Å². The normalized spacial score (nSPS) is 10.8. The van der Waals surface area contributed by atoms with Crippen LogP contribution >= 0.6 is 0 Å². The molecule has 0 amide bonds. The average molecular weight is 259 g/mol. The van der Waals surface area contributed by atoms with Crippen molar-refractivity contribution in [2.75, 3.05) is 14.2 Å². The number of nitrogens with one attached hydrogen (secondary N) is 2. The van der Waals surface area contributed by atoms with Crippen molar-refractivity contribution >= 4 is 0 Å². The number of hydrogen-bond donors (Lipinski definition) is 2. The van der Waals surface area contributed by atoms with Crippen LogP contribution in [0.3, 0.4) is 0 Å². The van der Waals surface area contributed by atoms with Gasteiger partial charge < -0.3 is 15.0 Å². The van der Waals surface area contributed by atoms with Gasteiger partial charge >= 0.3 is 0 Å². The molecule has 1 heterocycles. The number of imidazole rings is 1. The maximum atomic E-state index is 5.35. The molecule has 0 aliphatic heterocycles. The maximum Gasteiger partial charge on any atom is 0.122 e. The lowest BCUT2D eigenvalue weighted by Gasteiger charge is -2.11. The summed E-state index contributed by atoms with van der Waals surface area (Å²) in [5.74, 6) is 1.88. The van der Waals surface area contributed by atoms with Gasteiger partial charge in [0.05, 0.1) is 19.3 Å². The quantitative estimate of drug-likeness (QED) is 0.887.